The zero-order chi connectivity index (χ0) is 11.3. The van der Waals surface area contributed by atoms with Crippen LogP contribution in [-0.4, -0.2) is 21.9 Å². The normalized spacial score (nSPS) is 10.8. The van der Waals surface area contributed by atoms with Crippen LogP contribution in [0.15, 0.2) is 18.3 Å². The molecule has 0 radical (unpaired) electrons. The molecule has 3 nitrogen and oxygen atoms in total. The number of hydrogen-bond acceptors (Lipinski definition) is 2. The van der Waals surface area contributed by atoms with Crippen molar-refractivity contribution in [2.24, 2.45) is 0 Å². The molecule has 1 heterocycles. The van der Waals surface area contributed by atoms with E-state index in [1.807, 2.05) is 12.2 Å². The van der Waals surface area contributed by atoms with E-state index in [2.05, 4.69) is 4.98 Å². The van der Waals surface area contributed by atoms with E-state index < -0.39 is 5.97 Å². The average Bonchev–Trinajstić information content (AvgIpc) is 2.17. The Balaban J connectivity index is 2.87. The molecule has 1 aromatic heterocycles. The molecule has 1 aromatic rings. The SMILES string of the molecule is Cc1cc(C=CCCCl)cnc1C(=O)O. The number of pyridine rings is 1. The van der Waals surface area contributed by atoms with Crippen molar-refractivity contribution in [2.75, 3.05) is 5.88 Å². The Morgan fingerprint density at radius 1 is 1.67 bits per heavy atom. The molecule has 4 heteroatoms. The molecule has 0 atom stereocenters. The van der Waals surface area contributed by atoms with E-state index in [4.69, 9.17) is 16.7 Å². The van der Waals surface area contributed by atoms with Crippen LogP contribution in [0.2, 0.25) is 0 Å². The predicted octanol–water partition coefficient (Wildman–Crippen LogP) is 2.73. The van der Waals surface area contributed by atoms with Gasteiger partial charge in [-0.2, -0.15) is 0 Å². The minimum atomic E-state index is -0.996. The molecule has 0 saturated heterocycles. The van der Waals surface area contributed by atoms with Gasteiger partial charge in [-0.05, 0) is 30.5 Å². The molecule has 0 aliphatic rings. The first kappa shape index (κ1) is 11.7. The molecule has 0 aliphatic carbocycles. The number of carboxylic acid groups (broad SMARTS) is 1. The number of halogens is 1. The quantitative estimate of drug-likeness (QED) is 0.802. The van der Waals surface area contributed by atoms with Crippen LogP contribution < -0.4 is 0 Å². The molecule has 0 amide bonds. The van der Waals surface area contributed by atoms with Crippen LogP contribution in [0.4, 0.5) is 0 Å². The van der Waals surface area contributed by atoms with Gasteiger partial charge in [0.25, 0.3) is 0 Å². The van der Waals surface area contributed by atoms with Crippen LogP contribution in [0.25, 0.3) is 6.08 Å². The number of aromatic carboxylic acids is 1. The first-order valence-corrected chi connectivity index (χ1v) is 5.11. The van der Waals surface area contributed by atoms with E-state index in [9.17, 15) is 4.79 Å². The molecule has 0 fully saturated rings. The van der Waals surface area contributed by atoms with E-state index in [1.54, 1.807) is 19.2 Å². The largest absolute Gasteiger partial charge is 0.477 e. The fraction of sp³-hybridized carbons (Fsp3) is 0.273. The highest BCUT2D eigenvalue weighted by Crippen LogP contribution is 2.09. The van der Waals surface area contributed by atoms with Gasteiger partial charge in [-0.25, -0.2) is 9.78 Å². The molecule has 0 bridgehead atoms. The fourth-order valence-electron chi connectivity index (χ4n) is 1.19. The summed E-state index contributed by atoms with van der Waals surface area (Å²) in [6.45, 7) is 1.73. The number of carbonyl (C=O) groups is 1. The summed E-state index contributed by atoms with van der Waals surface area (Å²) in [5.41, 5.74) is 1.66. The third-order valence-corrected chi connectivity index (χ3v) is 2.11. The van der Waals surface area contributed by atoms with Gasteiger partial charge in [-0.3, -0.25) is 0 Å². The number of alkyl halides is 1. The van der Waals surface area contributed by atoms with Crippen molar-refractivity contribution in [1.29, 1.82) is 0 Å². The number of aryl methyl sites for hydroxylation is 1. The van der Waals surface area contributed by atoms with Crippen LogP contribution in [-0.2, 0) is 0 Å². The van der Waals surface area contributed by atoms with Crippen molar-refractivity contribution in [3.8, 4) is 0 Å². The highest BCUT2D eigenvalue weighted by Gasteiger charge is 2.07. The second-order valence-electron chi connectivity index (χ2n) is 3.12. The van der Waals surface area contributed by atoms with Crippen molar-refractivity contribution in [3.05, 3.63) is 35.2 Å². The zero-order valence-corrected chi connectivity index (χ0v) is 9.16. The molecule has 0 saturated carbocycles. The third kappa shape index (κ3) is 3.36. The number of nitrogens with zero attached hydrogens (tertiary/aromatic N) is 1. The van der Waals surface area contributed by atoms with Crippen LogP contribution in [0.5, 0.6) is 0 Å². The van der Waals surface area contributed by atoms with E-state index in [-0.39, 0.29) is 5.69 Å². The summed E-state index contributed by atoms with van der Waals surface area (Å²) in [6.07, 6.45) is 6.15. The lowest BCUT2D eigenvalue weighted by Crippen LogP contribution is -2.03. The number of carboxylic acids is 1. The molecule has 1 N–H and O–H groups in total. The highest BCUT2D eigenvalue weighted by atomic mass is 35.5. The summed E-state index contributed by atoms with van der Waals surface area (Å²) in [5.74, 6) is -0.417. The Kier molecular flexibility index (Phi) is 4.31. The Labute approximate surface area is 93.4 Å². The zero-order valence-electron chi connectivity index (χ0n) is 8.40. The summed E-state index contributed by atoms with van der Waals surface area (Å²) in [7, 11) is 0. The molecule has 80 valence electrons. The minimum absolute atomic E-state index is 0.101. The van der Waals surface area contributed by atoms with E-state index >= 15 is 0 Å². The van der Waals surface area contributed by atoms with Gasteiger partial charge in [-0.15, -0.1) is 11.6 Å². The highest BCUT2D eigenvalue weighted by molar-refractivity contribution is 6.17. The maximum atomic E-state index is 10.7. The Bertz CT molecular complexity index is 388. The van der Waals surface area contributed by atoms with Crippen molar-refractivity contribution in [1.82, 2.24) is 4.98 Å². The summed E-state index contributed by atoms with van der Waals surface area (Å²) in [5, 5.41) is 8.77. The molecular formula is C11H12ClNO2. The van der Waals surface area contributed by atoms with Gasteiger partial charge in [-0.1, -0.05) is 12.2 Å². The van der Waals surface area contributed by atoms with Gasteiger partial charge in [0.2, 0.25) is 0 Å². The number of hydrogen-bond donors (Lipinski definition) is 1. The predicted molar refractivity (Wildman–Crippen MR) is 60.3 cm³/mol. The molecule has 15 heavy (non-hydrogen) atoms. The van der Waals surface area contributed by atoms with E-state index in [0.717, 1.165) is 12.0 Å². The van der Waals surface area contributed by atoms with Crippen LogP contribution in [0.1, 0.15) is 28.0 Å². The van der Waals surface area contributed by atoms with Crippen molar-refractivity contribution < 1.29 is 9.90 Å². The maximum Gasteiger partial charge on any atom is 0.354 e. The Morgan fingerprint density at radius 2 is 2.40 bits per heavy atom. The minimum Gasteiger partial charge on any atom is -0.477 e. The summed E-state index contributed by atoms with van der Waals surface area (Å²) < 4.78 is 0. The lowest BCUT2D eigenvalue weighted by molar-refractivity contribution is 0.0689. The van der Waals surface area contributed by atoms with Crippen molar-refractivity contribution in [3.63, 3.8) is 0 Å². The second-order valence-corrected chi connectivity index (χ2v) is 3.50. The van der Waals surface area contributed by atoms with Gasteiger partial charge in [0, 0.05) is 12.1 Å². The molecule has 0 aromatic carbocycles. The lowest BCUT2D eigenvalue weighted by atomic mass is 10.1. The van der Waals surface area contributed by atoms with Gasteiger partial charge >= 0.3 is 5.97 Å². The first-order valence-electron chi connectivity index (χ1n) is 4.57. The fourth-order valence-corrected chi connectivity index (χ4v) is 1.32. The topological polar surface area (TPSA) is 50.2 Å². The van der Waals surface area contributed by atoms with Crippen LogP contribution in [0.3, 0.4) is 0 Å². The summed E-state index contributed by atoms with van der Waals surface area (Å²) in [6, 6.07) is 1.79. The van der Waals surface area contributed by atoms with Gasteiger partial charge in [0.15, 0.2) is 5.69 Å². The second kappa shape index (κ2) is 5.51. The van der Waals surface area contributed by atoms with Crippen LogP contribution in [0, 0.1) is 6.92 Å². The Morgan fingerprint density at radius 3 is 2.93 bits per heavy atom. The first-order chi connectivity index (χ1) is 7.15. The number of aromatic nitrogens is 1. The monoisotopic (exact) mass is 225 g/mol. The number of allylic oxidation sites excluding steroid dienone is 1. The summed E-state index contributed by atoms with van der Waals surface area (Å²) >= 11 is 5.52. The van der Waals surface area contributed by atoms with Crippen molar-refractivity contribution >= 4 is 23.6 Å². The Hall–Kier alpha value is -1.35. The lowest BCUT2D eigenvalue weighted by Gasteiger charge is -2.00. The van der Waals surface area contributed by atoms with Crippen molar-refractivity contribution in [2.45, 2.75) is 13.3 Å². The van der Waals surface area contributed by atoms with Gasteiger partial charge in [0.1, 0.15) is 0 Å². The average molecular weight is 226 g/mol. The van der Waals surface area contributed by atoms with Gasteiger partial charge in [0.05, 0.1) is 0 Å². The summed E-state index contributed by atoms with van der Waals surface area (Å²) in [4.78, 5) is 14.6. The standard InChI is InChI=1S/C11H12ClNO2/c1-8-6-9(4-2-3-5-12)7-13-10(8)11(14)15/h2,4,6-7H,3,5H2,1H3,(H,14,15). The molecule has 0 unspecified atom stereocenters. The van der Waals surface area contributed by atoms with Crippen LogP contribution >= 0.6 is 11.6 Å². The van der Waals surface area contributed by atoms with E-state index in [1.165, 1.54) is 0 Å². The third-order valence-electron chi connectivity index (χ3n) is 1.89. The smallest absolute Gasteiger partial charge is 0.354 e. The molecule has 0 spiro atoms. The molecule has 0 aliphatic heterocycles. The van der Waals surface area contributed by atoms with Gasteiger partial charge < -0.3 is 5.11 Å². The maximum absolute atomic E-state index is 10.7. The number of rotatable bonds is 4. The molecule has 1 rings (SSSR count). The van der Waals surface area contributed by atoms with E-state index in [0.29, 0.717) is 11.4 Å². The molecular weight excluding hydrogens is 214 g/mol.